The van der Waals surface area contributed by atoms with Crippen molar-refractivity contribution in [3.63, 3.8) is 0 Å². The Bertz CT molecular complexity index is 844. The standard InChI is InChI=1S/C24H29ClO5/c1-16(15-21(26)30-24(3,4)5)23(27)28-17(2)22(18-11-7-6-8-12-18)29-20-14-10-9-13-19(20)25/h6-14,16-17,22H,15H2,1-5H3/t16-,17+,22+/m1/s1. The molecule has 0 aromatic heterocycles. The zero-order valence-corrected chi connectivity index (χ0v) is 18.8. The van der Waals surface area contributed by atoms with Gasteiger partial charge in [0, 0.05) is 0 Å². The van der Waals surface area contributed by atoms with Crippen molar-refractivity contribution in [2.24, 2.45) is 5.92 Å². The first-order chi connectivity index (χ1) is 14.1. The maximum Gasteiger partial charge on any atom is 0.309 e. The Labute approximate surface area is 183 Å². The maximum absolute atomic E-state index is 12.6. The Balaban J connectivity index is 2.10. The molecular formula is C24H29ClO5. The predicted molar refractivity (Wildman–Crippen MR) is 116 cm³/mol. The van der Waals surface area contributed by atoms with E-state index in [-0.39, 0.29) is 6.42 Å². The number of rotatable bonds is 8. The highest BCUT2D eigenvalue weighted by Gasteiger charge is 2.29. The van der Waals surface area contributed by atoms with Crippen molar-refractivity contribution in [1.29, 1.82) is 0 Å². The number of hydrogen-bond donors (Lipinski definition) is 0. The van der Waals surface area contributed by atoms with E-state index in [1.54, 1.807) is 46.8 Å². The van der Waals surface area contributed by atoms with Crippen molar-refractivity contribution in [2.45, 2.75) is 58.8 Å². The molecule has 0 amide bonds. The molecule has 0 aliphatic heterocycles. The first-order valence-corrected chi connectivity index (χ1v) is 10.3. The van der Waals surface area contributed by atoms with Gasteiger partial charge in [0.25, 0.3) is 0 Å². The minimum absolute atomic E-state index is 0.0514. The summed E-state index contributed by atoms with van der Waals surface area (Å²) in [7, 11) is 0. The van der Waals surface area contributed by atoms with Gasteiger partial charge in [-0.3, -0.25) is 9.59 Å². The van der Waals surface area contributed by atoms with E-state index in [0.29, 0.717) is 10.8 Å². The van der Waals surface area contributed by atoms with E-state index in [2.05, 4.69) is 0 Å². The van der Waals surface area contributed by atoms with Gasteiger partial charge in [0.05, 0.1) is 17.4 Å². The molecule has 6 heteroatoms. The quantitative estimate of drug-likeness (QED) is 0.496. The van der Waals surface area contributed by atoms with Crippen molar-refractivity contribution in [2.75, 3.05) is 0 Å². The summed E-state index contributed by atoms with van der Waals surface area (Å²) < 4.78 is 17.1. The lowest BCUT2D eigenvalue weighted by molar-refractivity contribution is -0.165. The van der Waals surface area contributed by atoms with Crippen LogP contribution in [-0.2, 0) is 19.1 Å². The van der Waals surface area contributed by atoms with Crippen LogP contribution in [0.25, 0.3) is 0 Å². The SMILES string of the molecule is C[C@H](CC(=O)OC(C)(C)C)C(=O)O[C@@H](C)[C@H](Oc1ccccc1Cl)c1ccccc1. The molecule has 0 aliphatic carbocycles. The van der Waals surface area contributed by atoms with Crippen LogP contribution in [0.4, 0.5) is 0 Å². The minimum Gasteiger partial charge on any atom is -0.480 e. The Morgan fingerprint density at radius 1 is 0.967 bits per heavy atom. The first-order valence-electron chi connectivity index (χ1n) is 9.95. The summed E-state index contributed by atoms with van der Waals surface area (Å²) in [6.07, 6.45) is -1.23. The molecule has 2 aromatic rings. The van der Waals surface area contributed by atoms with E-state index >= 15 is 0 Å². The molecule has 0 bridgehead atoms. The molecule has 0 aliphatic rings. The van der Waals surface area contributed by atoms with E-state index in [1.165, 1.54) is 0 Å². The van der Waals surface area contributed by atoms with Gasteiger partial charge in [-0.1, -0.05) is 61.0 Å². The molecule has 0 spiro atoms. The number of halogens is 1. The molecule has 162 valence electrons. The third-order valence-electron chi connectivity index (χ3n) is 4.24. The Morgan fingerprint density at radius 2 is 1.57 bits per heavy atom. The van der Waals surface area contributed by atoms with Gasteiger partial charge in [0.2, 0.25) is 0 Å². The molecule has 2 aromatic carbocycles. The van der Waals surface area contributed by atoms with Crippen LogP contribution >= 0.6 is 11.6 Å². The molecule has 2 rings (SSSR count). The highest BCUT2D eigenvalue weighted by Crippen LogP contribution is 2.31. The van der Waals surface area contributed by atoms with Crippen molar-refractivity contribution in [3.05, 3.63) is 65.2 Å². The molecule has 0 radical (unpaired) electrons. The fraction of sp³-hybridized carbons (Fsp3) is 0.417. The monoisotopic (exact) mass is 432 g/mol. The van der Waals surface area contributed by atoms with Gasteiger partial charge in [-0.2, -0.15) is 0 Å². The molecule has 5 nitrogen and oxygen atoms in total. The van der Waals surface area contributed by atoms with E-state index < -0.39 is 35.7 Å². The molecule has 0 saturated heterocycles. The average Bonchev–Trinajstić information content (AvgIpc) is 2.66. The Kier molecular flexibility index (Phi) is 8.30. The molecule has 30 heavy (non-hydrogen) atoms. The van der Waals surface area contributed by atoms with Crippen LogP contribution in [0.15, 0.2) is 54.6 Å². The second kappa shape index (κ2) is 10.5. The fourth-order valence-electron chi connectivity index (χ4n) is 2.83. The van der Waals surface area contributed by atoms with Gasteiger partial charge in [-0.05, 0) is 45.4 Å². The largest absolute Gasteiger partial charge is 0.480 e. The molecule has 0 fully saturated rings. The predicted octanol–water partition coefficient (Wildman–Crippen LogP) is 5.76. The summed E-state index contributed by atoms with van der Waals surface area (Å²) in [4.78, 5) is 24.6. The zero-order chi connectivity index (χ0) is 22.3. The highest BCUT2D eigenvalue weighted by atomic mass is 35.5. The molecule has 3 atom stereocenters. The van der Waals surface area contributed by atoms with Crippen molar-refractivity contribution >= 4 is 23.5 Å². The minimum atomic E-state index is -0.640. The lowest BCUT2D eigenvalue weighted by Gasteiger charge is -2.27. The zero-order valence-electron chi connectivity index (χ0n) is 18.1. The summed E-state index contributed by atoms with van der Waals surface area (Å²) >= 11 is 6.24. The van der Waals surface area contributed by atoms with Crippen molar-refractivity contribution in [3.8, 4) is 5.75 Å². The first kappa shape index (κ1) is 23.7. The topological polar surface area (TPSA) is 61.8 Å². The van der Waals surface area contributed by atoms with Crippen molar-refractivity contribution in [1.82, 2.24) is 0 Å². The molecule has 0 saturated carbocycles. The summed E-state index contributed by atoms with van der Waals surface area (Å²) in [5.41, 5.74) is 0.243. The van der Waals surface area contributed by atoms with Gasteiger partial charge < -0.3 is 14.2 Å². The number of para-hydroxylation sites is 1. The second-order valence-corrected chi connectivity index (χ2v) is 8.62. The van der Waals surface area contributed by atoms with E-state index in [1.807, 2.05) is 42.5 Å². The molecular weight excluding hydrogens is 404 g/mol. The number of hydrogen-bond acceptors (Lipinski definition) is 5. The lowest BCUT2D eigenvalue weighted by atomic mass is 10.0. The maximum atomic E-state index is 12.6. The third-order valence-corrected chi connectivity index (χ3v) is 4.55. The van der Waals surface area contributed by atoms with Crippen LogP contribution in [0.1, 0.15) is 52.7 Å². The summed E-state index contributed by atoms with van der Waals surface area (Å²) in [5.74, 6) is -1.07. The summed E-state index contributed by atoms with van der Waals surface area (Å²) in [6.45, 7) is 8.75. The van der Waals surface area contributed by atoms with Gasteiger partial charge in [0.1, 0.15) is 17.5 Å². The van der Waals surface area contributed by atoms with Crippen LogP contribution in [0, 0.1) is 5.92 Å². The number of carbonyl (C=O) groups is 2. The van der Waals surface area contributed by atoms with Crippen LogP contribution in [0.3, 0.4) is 0 Å². The average molecular weight is 433 g/mol. The van der Waals surface area contributed by atoms with E-state index in [0.717, 1.165) is 5.56 Å². The van der Waals surface area contributed by atoms with Crippen LogP contribution in [0.2, 0.25) is 5.02 Å². The van der Waals surface area contributed by atoms with Crippen molar-refractivity contribution < 1.29 is 23.8 Å². The van der Waals surface area contributed by atoms with Gasteiger partial charge >= 0.3 is 11.9 Å². The van der Waals surface area contributed by atoms with Gasteiger partial charge in [0.15, 0.2) is 6.10 Å². The number of ether oxygens (including phenoxy) is 3. The molecule has 0 heterocycles. The van der Waals surface area contributed by atoms with E-state index in [4.69, 9.17) is 25.8 Å². The third kappa shape index (κ3) is 7.38. The highest BCUT2D eigenvalue weighted by molar-refractivity contribution is 6.32. The van der Waals surface area contributed by atoms with Crippen LogP contribution in [-0.4, -0.2) is 23.6 Å². The van der Waals surface area contributed by atoms with Gasteiger partial charge in [-0.15, -0.1) is 0 Å². The normalized spacial score (nSPS) is 14.3. The number of benzene rings is 2. The van der Waals surface area contributed by atoms with E-state index in [9.17, 15) is 9.59 Å². The van der Waals surface area contributed by atoms with Crippen LogP contribution < -0.4 is 4.74 Å². The number of carbonyl (C=O) groups excluding carboxylic acids is 2. The van der Waals surface area contributed by atoms with Crippen LogP contribution in [0.5, 0.6) is 5.75 Å². The lowest BCUT2D eigenvalue weighted by Crippen LogP contribution is -2.31. The Hall–Kier alpha value is -2.53. The number of esters is 2. The smallest absolute Gasteiger partial charge is 0.309 e. The summed E-state index contributed by atoms with van der Waals surface area (Å²) in [6, 6.07) is 16.6. The molecule has 0 unspecified atom stereocenters. The summed E-state index contributed by atoms with van der Waals surface area (Å²) in [5, 5.41) is 0.468. The Morgan fingerprint density at radius 3 is 2.17 bits per heavy atom. The molecule has 0 N–H and O–H groups in total. The van der Waals surface area contributed by atoms with Gasteiger partial charge in [-0.25, -0.2) is 0 Å². The second-order valence-electron chi connectivity index (χ2n) is 8.21. The fourth-order valence-corrected chi connectivity index (χ4v) is 3.01.